The summed E-state index contributed by atoms with van der Waals surface area (Å²) in [5.74, 6) is 0.828. The summed E-state index contributed by atoms with van der Waals surface area (Å²) < 4.78 is 0. The van der Waals surface area contributed by atoms with Crippen molar-refractivity contribution < 1.29 is 4.79 Å². The van der Waals surface area contributed by atoms with Gasteiger partial charge in [0.25, 0.3) is 0 Å². The first-order valence-corrected chi connectivity index (χ1v) is 7.21. The van der Waals surface area contributed by atoms with E-state index in [0.717, 1.165) is 24.4 Å². The number of nitrogens with zero attached hydrogens (tertiary/aromatic N) is 1. The van der Waals surface area contributed by atoms with Crippen molar-refractivity contribution in [2.45, 2.75) is 38.6 Å². The van der Waals surface area contributed by atoms with Crippen molar-refractivity contribution in [3.8, 4) is 6.07 Å². The highest BCUT2D eigenvalue weighted by Gasteiger charge is 2.19. The molecule has 0 atom stereocenters. The van der Waals surface area contributed by atoms with Crippen molar-refractivity contribution in [1.82, 2.24) is 5.32 Å². The standard InChI is InChI=1S/C16H21N3O/c1-12-2-6-15(7-3-12)19-16(20)11-18-14-8-4-13(10-17)5-9-14/h4-5,8-9,12,15,18H,2-3,6-7,11H2,1H3,(H,19,20). The molecule has 0 heterocycles. The molecule has 1 aliphatic carbocycles. The van der Waals surface area contributed by atoms with Gasteiger partial charge in [0.1, 0.15) is 0 Å². The highest BCUT2D eigenvalue weighted by Crippen LogP contribution is 2.23. The lowest BCUT2D eigenvalue weighted by Crippen LogP contribution is -2.40. The largest absolute Gasteiger partial charge is 0.376 e. The molecule has 106 valence electrons. The van der Waals surface area contributed by atoms with Crippen molar-refractivity contribution in [2.75, 3.05) is 11.9 Å². The first-order valence-electron chi connectivity index (χ1n) is 7.21. The monoisotopic (exact) mass is 271 g/mol. The summed E-state index contributed by atoms with van der Waals surface area (Å²) in [6, 6.07) is 9.51. The molecule has 0 bridgehead atoms. The Kier molecular flexibility index (Phi) is 5.00. The van der Waals surface area contributed by atoms with Gasteiger partial charge in [-0.3, -0.25) is 4.79 Å². The van der Waals surface area contributed by atoms with E-state index in [4.69, 9.17) is 5.26 Å². The van der Waals surface area contributed by atoms with Crippen LogP contribution in [-0.2, 0) is 4.79 Å². The number of carbonyl (C=O) groups is 1. The van der Waals surface area contributed by atoms with Crippen LogP contribution >= 0.6 is 0 Å². The number of nitrogens with one attached hydrogen (secondary N) is 2. The third kappa shape index (κ3) is 4.27. The molecule has 0 aliphatic heterocycles. The van der Waals surface area contributed by atoms with E-state index in [1.54, 1.807) is 12.1 Å². The van der Waals surface area contributed by atoms with E-state index in [9.17, 15) is 4.79 Å². The van der Waals surface area contributed by atoms with Crippen molar-refractivity contribution in [1.29, 1.82) is 5.26 Å². The first-order chi connectivity index (χ1) is 9.67. The van der Waals surface area contributed by atoms with Crippen LogP contribution in [0.2, 0.25) is 0 Å². The highest BCUT2D eigenvalue weighted by atomic mass is 16.1. The molecule has 4 nitrogen and oxygen atoms in total. The fourth-order valence-corrected chi connectivity index (χ4v) is 2.53. The topological polar surface area (TPSA) is 64.9 Å². The van der Waals surface area contributed by atoms with Gasteiger partial charge < -0.3 is 10.6 Å². The van der Waals surface area contributed by atoms with E-state index in [0.29, 0.717) is 11.6 Å². The molecule has 2 N–H and O–H groups in total. The summed E-state index contributed by atoms with van der Waals surface area (Å²) in [6.45, 7) is 2.54. The van der Waals surface area contributed by atoms with Crippen molar-refractivity contribution >= 4 is 11.6 Å². The minimum atomic E-state index is 0.0360. The first kappa shape index (κ1) is 14.4. The molecule has 2 rings (SSSR count). The van der Waals surface area contributed by atoms with E-state index in [1.165, 1.54) is 12.8 Å². The average Bonchev–Trinajstić information content (AvgIpc) is 2.48. The SMILES string of the molecule is CC1CCC(NC(=O)CNc2ccc(C#N)cc2)CC1. The van der Waals surface area contributed by atoms with Gasteiger partial charge in [-0.25, -0.2) is 0 Å². The predicted octanol–water partition coefficient (Wildman–Crippen LogP) is 2.67. The molecule has 1 aromatic carbocycles. The molecule has 0 radical (unpaired) electrons. The van der Waals surface area contributed by atoms with Crippen LogP contribution in [0.1, 0.15) is 38.2 Å². The van der Waals surface area contributed by atoms with Crippen LogP contribution < -0.4 is 10.6 Å². The number of benzene rings is 1. The van der Waals surface area contributed by atoms with Crippen molar-refractivity contribution in [3.05, 3.63) is 29.8 Å². The number of rotatable bonds is 4. The maximum atomic E-state index is 11.9. The molecule has 1 saturated carbocycles. The Morgan fingerprint density at radius 2 is 1.90 bits per heavy atom. The molecule has 1 aliphatic rings. The Labute approximate surface area is 120 Å². The van der Waals surface area contributed by atoms with E-state index in [1.807, 2.05) is 12.1 Å². The maximum absolute atomic E-state index is 11.9. The van der Waals surface area contributed by atoms with Crippen LogP contribution in [0.4, 0.5) is 5.69 Å². The zero-order chi connectivity index (χ0) is 14.4. The van der Waals surface area contributed by atoms with Gasteiger partial charge in [0.15, 0.2) is 0 Å². The van der Waals surface area contributed by atoms with Gasteiger partial charge in [-0.1, -0.05) is 6.92 Å². The Bertz CT molecular complexity index is 481. The van der Waals surface area contributed by atoms with Gasteiger partial charge in [0.05, 0.1) is 18.2 Å². The lowest BCUT2D eigenvalue weighted by molar-refractivity contribution is -0.120. The summed E-state index contributed by atoms with van der Waals surface area (Å²) in [6.07, 6.45) is 4.58. The van der Waals surface area contributed by atoms with Gasteiger partial charge in [-0.15, -0.1) is 0 Å². The molecule has 0 saturated heterocycles. The van der Waals surface area contributed by atoms with Gasteiger partial charge >= 0.3 is 0 Å². The summed E-state index contributed by atoms with van der Waals surface area (Å²) in [5, 5.41) is 14.9. The molecule has 0 unspecified atom stereocenters. The normalized spacial score (nSPS) is 21.8. The number of anilines is 1. The molecule has 1 aromatic rings. The molecule has 1 amide bonds. The Hall–Kier alpha value is -2.02. The summed E-state index contributed by atoms with van der Waals surface area (Å²) in [7, 11) is 0. The van der Waals surface area contributed by atoms with Gasteiger partial charge in [-0.2, -0.15) is 5.26 Å². The number of carbonyl (C=O) groups excluding carboxylic acids is 1. The molecule has 0 aromatic heterocycles. The van der Waals surface area contributed by atoms with E-state index < -0.39 is 0 Å². The number of hydrogen-bond donors (Lipinski definition) is 2. The van der Waals surface area contributed by atoms with Crippen LogP contribution in [0, 0.1) is 17.2 Å². The highest BCUT2D eigenvalue weighted by molar-refractivity contribution is 5.81. The number of amides is 1. The minimum Gasteiger partial charge on any atom is -0.376 e. The molecule has 4 heteroatoms. The number of nitriles is 1. The second-order valence-corrected chi connectivity index (χ2v) is 5.57. The van der Waals surface area contributed by atoms with Gasteiger partial charge in [0.2, 0.25) is 5.91 Å². The fourth-order valence-electron chi connectivity index (χ4n) is 2.53. The maximum Gasteiger partial charge on any atom is 0.239 e. The molecule has 1 fully saturated rings. The van der Waals surface area contributed by atoms with Crippen molar-refractivity contribution in [3.63, 3.8) is 0 Å². The Balaban J connectivity index is 1.73. The second kappa shape index (κ2) is 6.95. The lowest BCUT2D eigenvalue weighted by atomic mass is 9.87. The summed E-state index contributed by atoms with van der Waals surface area (Å²) in [5.41, 5.74) is 1.48. The van der Waals surface area contributed by atoms with Crippen LogP contribution in [-0.4, -0.2) is 18.5 Å². The smallest absolute Gasteiger partial charge is 0.239 e. The zero-order valence-electron chi connectivity index (χ0n) is 11.9. The summed E-state index contributed by atoms with van der Waals surface area (Å²) >= 11 is 0. The van der Waals surface area contributed by atoms with E-state index in [2.05, 4.69) is 23.6 Å². The molecule has 0 spiro atoms. The lowest BCUT2D eigenvalue weighted by Gasteiger charge is -2.27. The third-order valence-corrected chi connectivity index (χ3v) is 3.85. The van der Waals surface area contributed by atoms with Gasteiger partial charge in [0, 0.05) is 11.7 Å². The third-order valence-electron chi connectivity index (χ3n) is 3.85. The number of hydrogen-bond acceptors (Lipinski definition) is 3. The average molecular weight is 271 g/mol. The summed E-state index contributed by atoms with van der Waals surface area (Å²) in [4.78, 5) is 11.9. The Morgan fingerprint density at radius 1 is 1.25 bits per heavy atom. The molecule has 20 heavy (non-hydrogen) atoms. The van der Waals surface area contributed by atoms with Gasteiger partial charge in [-0.05, 0) is 55.9 Å². The van der Waals surface area contributed by atoms with E-state index in [-0.39, 0.29) is 12.5 Å². The quantitative estimate of drug-likeness (QED) is 0.885. The molecular formula is C16H21N3O. The van der Waals surface area contributed by atoms with Crippen LogP contribution in [0.5, 0.6) is 0 Å². The zero-order valence-corrected chi connectivity index (χ0v) is 11.9. The van der Waals surface area contributed by atoms with E-state index >= 15 is 0 Å². The predicted molar refractivity (Wildman–Crippen MR) is 79.2 cm³/mol. The van der Waals surface area contributed by atoms with Crippen LogP contribution in [0.25, 0.3) is 0 Å². The minimum absolute atomic E-state index is 0.0360. The molecular weight excluding hydrogens is 250 g/mol. The Morgan fingerprint density at radius 3 is 2.50 bits per heavy atom. The van der Waals surface area contributed by atoms with Crippen LogP contribution in [0.15, 0.2) is 24.3 Å². The second-order valence-electron chi connectivity index (χ2n) is 5.57. The van der Waals surface area contributed by atoms with Crippen molar-refractivity contribution in [2.24, 2.45) is 5.92 Å². The van der Waals surface area contributed by atoms with Crippen LogP contribution in [0.3, 0.4) is 0 Å². The fraction of sp³-hybridized carbons (Fsp3) is 0.500.